The van der Waals surface area contributed by atoms with E-state index in [0.717, 1.165) is 0 Å². The second kappa shape index (κ2) is 12.5. The van der Waals surface area contributed by atoms with Crippen molar-refractivity contribution in [2.75, 3.05) is 50.9 Å². The van der Waals surface area contributed by atoms with E-state index in [4.69, 9.17) is 16.3 Å². The number of methoxy groups -OCH3 is 1. The average Bonchev–Trinajstić information content (AvgIpc) is 2.94. The summed E-state index contributed by atoms with van der Waals surface area (Å²) in [6, 6.07) is 18.1. The van der Waals surface area contributed by atoms with E-state index in [0.29, 0.717) is 47.1 Å². The monoisotopic (exact) mass is 582 g/mol. The molecule has 0 saturated carbocycles. The molecule has 0 saturated heterocycles. The molecule has 4 rings (SSSR count). The van der Waals surface area contributed by atoms with Gasteiger partial charge in [0.05, 0.1) is 33.7 Å². The van der Waals surface area contributed by atoms with Gasteiger partial charge in [-0.3, -0.25) is 9.52 Å². The molecule has 40 heavy (non-hydrogen) atoms. The third-order valence-corrected chi connectivity index (χ3v) is 7.77. The van der Waals surface area contributed by atoms with Gasteiger partial charge in [0.15, 0.2) is 11.6 Å². The first kappa shape index (κ1) is 29.1. The predicted octanol–water partition coefficient (Wildman–Crippen LogP) is 4.86. The third kappa shape index (κ3) is 6.79. The molecule has 0 aliphatic heterocycles. The van der Waals surface area contributed by atoms with Crippen molar-refractivity contribution < 1.29 is 17.9 Å². The van der Waals surface area contributed by atoms with Gasteiger partial charge >= 0.3 is 0 Å². The van der Waals surface area contributed by atoms with Gasteiger partial charge in [0.2, 0.25) is 0 Å². The zero-order valence-corrected chi connectivity index (χ0v) is 24.3. The van der Waals surface area contributed by atoms with Crippen molar-refractivity contribution in [3.8, 4) is 5.75 Å². The normalized spacial score (nSPS) is 11.4. The molecule has 0 bridgehead atoms. The Morgan fingerprint density at radius 2 is 1.65 bits per heavy atom. The van der Waals surface area contributed by atoms with Gasteiger partial charge in [-0.15, -0.1) is 0 Å². The highest BCUT2D eigenvalue weighted by molar-refractivity contribution is 7.92. The number of halogens is 1. The summed E-state index contributed by atoms with van der Waals surface area (Å²) in [5, 5.41) is 3.46. The fourth-order valence-corrected chi connectivity index (χ4v) is 5.12. The Labute approximate surface area is 239 Å². The summed E-state index contributed by atoms with van der Waals surface area (Å²) in [5.74, 6) is 0.416. The number of benzene rings is 3. The number of nitrogens with zero attached hydrogens (tertiary/aromatic N) is 4. The lowest BCUT2D eigenvalue weighted by molar-refractivity contribution is 0.0754. The fourth-order valence-electron chi connectivity index (χ4n) is 3.90. The van der Waals surface area contributed by atoms with Crippen molar-refractivity contribution in [1.29, 1.82) is 0 Å². The minimum Gasteiger partial charge on any atom is -0.497 e. The number of nitrogens with one attached hydrogen (secondary N) is 2. The first-order chi connectivity index (χ1) is 19.1. The van der Waals surface area contributed by atoms with Gasteiger partial charge in [0, 0.05) is 31.3 Å². The molecule has 10 nitrogen and oxygen atoms in total. The first-order valence-corrected chi connectivity index (χ1v) is 14.4. The molecular weight excluding hydrogens is 552 g/mol. The first-order valence-electron chi connectivity index (χ1n) is 12.6. The van der Waals surface area contributed by atoms with Crippen LogP contribution >= 0.6 is 11.6 Å². The lowest BCUT2D eigenvalue weighted by atomic mass is 10.2. The van der Waals surface area contributed by atoms with Crippen molar-refractivity contribution in [2.24, 2.45) is 0 Å². The zero-order chi connectivity index (χ0) is 28.9. The Bertz CT molecular complexity index is 1630. The molecular formula is C28H31ClN6O4S. The molecule has 0 radical (unpaired) electrons. The quantitative estimate of drug-likeness (QED) is 0.257. The number of ether oxygens (including phenoxy) is 1. The van der Waals surface area contributed by atoms with Crippen LogP contribution in [0.5, 0.6) is 5.75 Å². The van der Waals surface area contributed by atoms with Crippen molar-refractivity contribution in [3.63, 3.8) is 0 Å². The molecule has 0 unspecified atom stereocenters. The molecule has 0 spiro atoms. The molecule has 210 valence electrons. The highest BCUT2D eigenvalue weighted by Gasteiger charge is 2.22. The summed E-state index contributed by atoms with van der Waals surface area (Å²) in [6.07, 6.45) is 0. The molecule has 1 aromatic heterocycles. The van der Waals surface area contributed by atoms with Crippen LogP contribution in [0.15, 0.2) is 71.6 Å². The van der Waals surface area contributed by atoms with Crippen molar-refractivity contribution >= 4 is 55.9 Å². The molecule has 3 aromatic carbocycles. The number of aromatic nitrogens is 2. The van der Waals surface area contributed by atoms with Crippen LogP contribution in [-0.4, -0.2) is 74.9 Å². The van der Waals surface area contributed by atoms with Crippen LogP contribution in [0.1, 0.15) is 17.3 Å². The number of anilines is 3. The molecule has 0 aliphatic rings. The number of hydrogen-bond donors (Lipinski definition) is 2. The number of para-hydroxylation sites is 2. The summed E-state index contributed by atoms with van der Waals surface area (Å²) in [7, 11) is 1.23. The van der Waals surface area contributed by atoms with E-state index in [1.54, 1.807) is 53.4 Å². The number of hydrogen-bond acceptors (Lipinski definition) is 8. The van der Waals surface area contributed by atoms with Crippen LogP contribution in [-0.2, 0) is 10.0 Å². The Morgan fingerprint density at radius 1 is 0.950 bits per heavy atom. The lowest BCUT2D eigenvalue weighted by Gasteiger charge is -2.23. The number of carbonyl (C=O) groups is 1. The van der Waals surface area contributed by atoms with Crippen LogP contribution < -0.4 is 14.8 Å². The van der Waals surface area contributed by atoms with Crippen LogP contribution in [0.3, 0.4) is 0 Å². The van der Waals surface area contributed by atoms with Gasteiger partial charge in [0.25, 0.3) is 15.9 Å². The minimum absolute atomic E-state index is 0.0320. The van der Waals surface area contributed by atoms with Gasteiger partial charge in [0.1, 0.15) is 5.75 Å². The zero-order valence-electron chi connectivity index (χ0n) is 22.7. The van der Waals surface area contributed by atoms with E-state index in [9.17, 15) is 13.2 Å². The summed E-state index contributed by atoms with van der Waals surface area (Å²) in [4.78, 5) is 25.8. The molecule has 12 heteroatoms. The summed E-state index contributed by atoms with van der Waals surface area (Å²) in [6.45, 7) is 3.59. The summed E-state index contributed by atoms with van der Waals surface area (Å²) in [5.41, 5.74) is 1.77. The largest absolute Gasteiger partial charge is 0.497 e. The average molecular weight is 583 g/mol. The number of fused-ring (bicyclic) bond motifs is 1. The number of likely N-dealkylation sites (N-methyl/N-ethyl adjacent to an activating group) is 2. The van der Waals surface area contributed by atoms with E-state index >= 15 is 0 Å². The maximum absolute atomic E-state index is 13.6. The number of rotatable bonds is 11. The highest BCUT2D eigenvalue weighted by Crippen LogP contribution is 2.32. The molecule has 0 aliphatic carbocycles. The van der Waals surface area contributed by atoms with Crippen molar-refractivity contribution in [1.82, 2.24) is 19.8 Å². The molecule has 0 fully saturated rings. The molecule has 1 heterocycles. The standard InChI is InChI=1S/C28H31ClN6O4S/c1-5-35(16-15-34(2)3)28(36)19-9-8-10-21(17-19)40(37,38)33-27-26(30-23-11-6-7-12-24(23)31-27)32-25-18-20(39-4)13-14-22(25)29/h6-14,17-18H,5,15-16H2,1-4H3,(H,30,32)(H,31,33). The Balaban J connectivity index is 1.69. The van der Waals surface area contributed by atoms with Gasteiger partial charge in [-0.25, -0.2) is 18.4 Å². The van der Waals surface area contributed by atoms with Crippen LogP contribution in [0.25, 0.3) is 11.0 Å². The lowest BCUT2D eigenvalue weighted by Crippen LogP contribution is -2.36. The highest BCUT2D eigenvalue weighted by atomic mass is 35.5. The fraction of sp³-hybridized carbons (Fsp3) is 0.250. The molecule has 4 aromatic rings. The van der Waals surface area contributed by atoms with E-state index in [2.05, 4.69) is 20.0 Å². The van der Waals surface area contributed by atoms with Gasteiger partial charge in [-0.05, 0) is 63.5 Å². The van der Waals surface area contributed by atoms with Crippen molar-refractivity contribution in [3.05, 3.63) is 77.3 Å². The maximum Gasteiger partial charge on any atom is 0.263 e. The summed E-state index contributed by atoms with van der Waals surface area (Å²) < 4.78 is 34.9. The second-order valence-electron chi connectivity index (χ2n) is 9.20. The van der Waals surface area contributed by atoms with Crippen LogP contribution in [0, 0.1) is 0 Å². The Kier molecular flexibility index (Phi) is 9.08. The topological polar surface area (TPSA) is 117 Å². The van der Waals surface area contributed by atoms with E-state index in [-0.39, 0.29) is 28.0 Å². The van der Waals surface area contributed by atoms with Gasteiger partial charge in [-0.1, -0.05) is 29.8 Å². The van der Waals surface area contributed by atoms with E-state index < -0.39 is 10.0 Å². The molecule has 2 N–H and O–H groups in total. The second-order valence-corrected chi connectivity index (χ2v) is 11.3. The number of carbonyl (C=O) groups excluding carboxylic acids is 1. The van der Waals surface area contributed by atoms with Crippen molar-refractivity contribution in [2.45, 2.75) is 11.8 Å². The minimum atomic E-state index is -4.16. The Morgan fingerprint density at radius 3 is 2.30 bits per heavy atom. The van der Waals surface area contributed by atoms with Gasteiger partial charge in [-0.2, -0.15) is 0 Å². The molecule has 0 atom stereocenters. The smallest absolute Gasteiger partial charge is 0.263 e. The Hall–Kier alpha value is -3.93. The molecule has 1 amide bonds. The number of amides is 1. The van der Waals surface area contributed by atoms with Crippen LogP contribution in [0.2, 0.25) is 5.02 Å². The SMILES string of the molecule is CCN(CCN(C)C)C(=O)c1cccc(S(=O)(=O)Nc2nc3ccccc3nc2Nc2cc(OC)ccc2Cl)c1. The predicted molar refractivity (Wildman–Crippen MR) is 158 cm³/mol. The van der Waals surface area contributed by atoms with Gasteiger partial charge < -0.3 is 19.9 Å². The van der Waals surface area contributed by atoms with E-state index in [1.165, 1.54) is 19.2 Å². The maximum atomic E-state index is 13.6. The number of sulfonamides is 1. The van der Waals surface area contributed by atoms with E-state index in [1.807, 2.05) is 32.0 Å². The van der Waals surface area contributed by atoms with Crippen LogP contribution in [0.4, 0.5) is 17.3 Å². The third-order valence-electron chi connectivity index (χ3n) is 6.11. The summed E-state index contributed by atoms with van der Waals surface area (Å²) >= 11 is 6.38.